The normalized spacial score (nSPS) is 11.4. The Morgan fingerprint density at radius 1 is 1.07 bits per heavy atom. The van der Waals surface area contributed by atoms with E-state index in [2.05, 4.69) is 5.32 Å². The first-order valence-corrected chi connectivity index (χ1v) is 10.7. The average Bonchev–Trinajstić information content (AvgIpc) is 2.69. The number of nitrogens with one attached hydrogen (secondary N) is 1. The van der Waals surface area contributed by atoms with Crippen molar-refractivity contribution in [3.8, 4) is 0 Å². The number of rotatable bonds is 10. The van der Waals surface area contributed by atoms with Crippen molar-refractivity contribution >= 4 is 21.7 Å². The van der Waals surface area contributed by atoms with Crippen molar-refractivity contribution < 1.29 is 22.4 Å². The van der Waals surface area contributed by atoms with Gasteiger partial charge < -0.3 is 5.32 Å². The maximum absolute atomic E-state index is 13.5. The van der Waals surface area contributed by atoms with E-state index in [-0.39, 0.29) is 35.4 Å². The molecule has 0 aliphatic carbocycles. The molecule has 1 N–H and O–H groups in total. The van der Waals surface area contributed by atoms with Gasteiger partial charge in [0.05, 0.1) is 4.90 Å². The molecule has 0 heterocycles. The van der Waals surface area contributed by atoms with Crippen molar-refractivity contribution in [3.05, 3.63) is 65.5 Å². The van der Waals surface area contributed by atoms with Crippen LogP contribution in [0.5, 0.6) is 0 Å². The van der Waals surface area contributed by atoms with E-state index < -0.39 is 10.0 Å². The standard InChI is InChI=1S/C21H25FN2O4S/c1-16(25)17-9-11-19(12-10-17)29(27,28)24(2)15-5-8-21(26)23-14-13-18-6-3-4-7-20(18)22/h3-4,6-7,9-12H,5,8,13-15H2,1-2H3,(H,23,26). The van der Waals surface area contributed by atoms with Crippen molar-refractivity contribution in [2.45, 2.75) is 31.1 Å². The number of nitrogens with zero attached hydrogens (tertiary/aromatic N) is 1. The Kier molecular flexibility index (Phi) is 8.04. The minimum atomic E-state index is -3.69. The molecule has 0 spiro atoms. The summed E-state index contributed by atoms with van der Waals surface area (Å²) in [6.45, 7) is 1.91. The molecule has 0 aromatic heterocycles. The van der Waals surface area contributed by atoms with E-state index in [1.165, 1.54) is 48.6 Å². The van der Waals surface area contributed by atoms with Crippen LogP contribution in [0.25, 0.3) is 0 Å². The van der Waals surface area contributed by atoms with E-state index >= 15 is 0 Å². The molecule has 0 radical (unpaired) electrons. The Hall–Kier alpha value is -2.58. The molecule has 0 saturated heterocycles. The van der Waals surface area contributed by atoms with Crippen molar-refractivity contribution in [3.63, 3.8) is 0 Å². The van der Waals surface area contributed by atoms with Gasteiger partial charge >= 0.3 is 0 Å². The van der Waals surface area contributed by atoms with Crippen molar-refractivity contribution in [2.75, 3.05) is 20.1 Å². The Morgan fingerprint density at radius 3 is 2.34 bits per heavy atom. The zero-order valence-corrected chi connectivity index (χ0v) is 17.3. The number of benzene rings is 2. The molecule has 2 aromatic carbocycles. The second kappa shape index (κ2) is 10.3. The Morgan fingerprint density at radius 2 is 1.72 bits per heavy atom. The number of amides is 1. The first kappa shape index (κ1) is 22.7. The highest BCUT2D eigenvalue weighted by Gasteiger charge is 2.20. The minimum Gasteiger partial charge on any atom is -0.356 e. The number of hydrogen-bond acceptors (Lipinski definition) is 4. The van der Waals surface area contributed by atoms with E-state index in [1.54, 1.807) is 18.2 Å². The van der Waals surface area contributed by atoms with Crippen LogP contribution in [-0.2, 0) is 21.2 Å². The molecule has 0 unspecified atom stereocenters. The Balaban J connectivity index is 1.77. The van der Waals surface area contributed by atoms with Gasteiger partial charge in [-0.1, -0.05) is 30.3 Å². The smallest absolute Gasteiger partial charge is 0.242 e. The summed E-state index contributed by atoms with van der Waals surface area (Å²) < 4.78 is 39.8. The molecule has 2 aromatic rings. The third-order valence-electron chi connectivity index (χ3n) is 4.52. The molecular formula is C21H25FN2O4S. The van der Waals surface area contributed by atoms with Crippen LogP contribution in [0.4, 0.5) is 4.39 Å². The summed E-state index contributed by atoms with van der Waals surface area (Å²) in [7, 11) is -2.24. The molecule has 0 bridgehead atoms. The lowest BCUT2D eigenvalue weighted by molar-refractivity contribution is -0.121. The summed E-state index contributed by atoms with van der Waals surface area (Å²) in [4.78, 5) is 23.3. The van der Waals surface area contributed by atoms with Gasteiger partial charge in [0.25, 0.3) is 0 Å². The van der Waals surface area contributed by atoms with Crippen LogP contribution in [-0.4, -0.2) is 44.6 Å². The van der Waals surface area contributed by atoms with Gasteiger partial charge in [-0.25, -0.2) is 17.1 Å². The number of carbonyl (C=O) groups is 2. The fourth-order valence-corrected chi connectivity index (χ4v) is 3.96. The van der Waals surface area contributed by atoms with Gasteiger partial charge in [-0.15, -0.1) is 0 Å². The summed E-state index contributed by atoms with van der Waals surface area (Å²) in [6, 6.07) is 12.2. The summed E-state index contributed by atoms with van der Waals surface area (Å²) in [5, 5.41) is 2.71. The van der Waals surface area contributed by atoms with Gasteiger partial charge in [0.2, 0.25) is 15.9 Å². The van der Waals surface area contributed by atoms with Crippen LogP contribution in [0.3, 0.4) is 0 Å². The van der Waals surface area contributed by atoms with Crippen molar-refractivity contribution in [1.82, 2.24) is 9.62 Å². The molecule has 0 aliphatic rings. The van der Waals surface area contributed by atoms with E-state index in [9.17, 15) is 22.4 Å². The first-order chi connectivity index (χ1) is 13.7. The average molecular weight is 421 g/mol. The largest absolute Gasteiger partial charge is 0.356 e. The second-order valence-electron chi connectivity index (χ2n) is 6.70. The van der Waals surface area contributed by atoms with Gasteiger partial charge in [0.15, 0.2) is 5.78 Å². The molecule has 0 atom stereocenters. The fraction of sp³-hybridized carbons (Fsp3) is 0.333. The topological polar surface area (TPSA) is 83.6 Å². The van der Waals surface area contributed by atoms with Crippen LogP contribution in [0, 0.1) is 5.82 Å². The highest BCUT2D eigenvalue weighted by Crippen LogP contribution is 2.16. The number of hydrogen-bond donors (Lipinski definition) is 1. The highest BCUT2D eigenvalue weighted by atomic mass is 32.2. The summed E-state index contributed by atoms with van der Waals surface area (Å²) >= 11 is 0. The van der Waals surface area contributed by atoms with Crippen LogP contribution >= 0.6 is 0 Å². The lowest BCUT2D eigenvalue weighted by Crippen LogP contribution is -2.30. The highest BCUT2D eigenvalue weighted by molar-refractivity contribution is 7.89. The number of Topliss-reactive ketones (excluding diaryl/α,β-unsaturated/α-hetero) is 1. The molecule has 1 amide bonds. The molecule has 0 aliphatic heterocycles. The lowest BCUT2D eigenvalue weighted by Gasteiger charge is -2.17. The van der Waals surface area contributed by atoms with E-state index in [0.717, 1.165) is 0 Å². The summed E-state index contributed by atoms with van der Waals surface area (Å²) in [5.41, 5.74) is 0.980. The van der Waals surface area contributed by atoms with Crippen LogP contribution in [0.15, 0.2) is 53.4 Å². The zero-order chi connectivity index (χ0) is 21.4. The number of sulfonamides is 1. The maximum Gasteiger partial charge on any atom is 0.242 e. The number of ketones is 1. The van der Waals surface area contributed by atoms with Crippen LogP contribution in [0.1, 0.15) is 35.7 Å². The molecular weight excluding hydrogens is 395 g/mol. The van der Waals surface area contributed by atoms with Crippen LogP contribution in [0.2, 0.25) is 0 Å². The number of halogens is 1. The minimum absolute atomic E-state index is 0.0966. The van der Waals surface area contributed by atoms with Gasteiger partial charge in [0.1, 0.15) is 5.82 Å². The first-order valence-electron chi connectivity index (χ1n) is 9.29. The molecule has 8 heteroatoms. The molecule has 156 valence electrons. The van der Waals surface area contributed by atoms with Gasteiger partial charge in [-0.3, -0.25) is 9.59 Å². The Labute approximate surface area is 170 Å². The van der Waals surface area contributed by atoms with Crippen LogP contribution < -0.4 is 5.32 Å². The van der Waals surface area contributed by atoms with Gasteiger partial charge in [0, 0.05) is 32.1 Å². The molecule has 0 saturated carbocycles. The molecule has 0 fully saturated rings. The van der Waals surface area contributed by atoms with E-state index in [1.807, 2.05) is 0 Å². The maximum atomic E-state index is 13.5. The number of carbonyl (C=O) groups excluding carboxylic acids is 2. The second-order valence-corrected chi connectivity index (χ2v) is 8.75. The molecule has 6 nitrogen and oxygen atoms in total. The molecule has 2 rings (SSSR count). The predicted octanol–water partition coefficient (Wildman–Crippen LogP) is 2.79. The Bertz CT molecular complexity index is 959. The van der Waals surface area contributed by atoms with Crippen molar-refractivity contribution in [2.24, 2.45) is 0 Å². The SMILES string of the molecule is CC(=O)c1ccc(S(=O)(=O)N(C)CCCC(=O)NCCc2ccccc2F)cc1. The predicted molar refractivity (Wildman–Crippen MR) is 109 cm³/mol. The molecule has 29 heavy (non-hydrogen) atoms. The van der Waals surface area contributed by atoms with Crippen molar-refractivity contribution in [1.29, 1.82) is 0 Å². The summed E-state index contributed by atoms with van der Waals surface area (Å²) in [5.74, 6) is -0.647. The lowest BCUT2D eigenvalue weighted by atomic mass is 10.1. The third kappa shape index (κ3) is 6.47. The van der Waals surface area contributed by atoms with Gasteiger partial charge in [-0.2, -0.15) is 0 Å². The third-order valence-corrected chi connectivity index (χ3v) is 6.39. The zero-order valence-electron chi connectivity index (χ0n) is 16.5. The quantitative estimate of drug-likeness (QED) is 0.599. The van der Waals surface area contributed by atoms with E-state index in [0.29, 0.717) is 30.5 Å². The monoisotopic (exact) mass is 420 g/mol. The fourth-order valence-electron chi connectivity index (χ4n) is 2.75. The van der Waals surface area contributed by atoms with Gasteiger partial charge in [-0.05, 0) is 43.5 Å². The summed E-state index contributed by atoms with van der Waals surface area (Å²) in [6.07, 6.45) is 0.913. The van der Waals surface area contributed by atoms with E-state index in [4.69, 9.17) is 0 Å².